The summed E-state index contributed by atoms with van der Waals surface area (Å²) in [4.78, 5) is 19.5. The average Bonchev–Trinajstić information content (AvgIpc) is 3.27. The molecule has 0 saturated heterocycles. The Hall–Kier alpha value is -2.77. The van der Waals surface area contributed by atoms with Gasteiger partial charge in [-0.25, -0.2) is 4.98 Å². The standard InChI is InChI=1S/C17H18N6O2/c1-9-7-12(14-15(11-3-4-11)21-25-16(14)18-9)17(24)22-5-6-23-10(2)19-20-13(23)8-22/h7,11H,3-6,8H2,1-2H3. The number of fused-ring (bicyclic) bond motifs is 2. The van der Waals surface area contributed by atoms with Crippen molar-refractivity contribution in [2.75, 3.05) is 6.54 Å². The van der Waals surface area contributed by atoms with Crippen molar-refractivity contribution in [2.45, 2.75) is 45.7 Å². The molecule has 1 amide bonds. The fourth-order valence-corrected chi connectivity index (χ4v) is 3.55. The molecule has 0 unspecified atom stereocenters. The van der Waals surface area contributed by atoms with Gasteiger partial charge < -0.3 is 14.0 Å². The van der Waals surface area contributed by atoms with Gasteiger partial charge in [0.2, 0.25) is 0 Å². The Morgan fingerprint density at radius 3 is 2.88 bits per heavy atom. The quantitative estimate of drug-likeness (QED) is 0.709. The largest absolute Gasteiger partial charge is 0.335 e. The van der Waals surface area contributed by atoms with E-state index in [-0.39, 0.29) is 5.91 Å². The van der Waals surface area contributed by atoms with Crippen molar-refractivity contribution in [1.82, 2.24) is 29.8 Å². The highest BCUT2D eigenvalue weighted by Crippen LogP contribution is 2.43. The van der Waals surface area contributed by atoms with E-state index in [1.165, 1.54) is 0 Å². The van der Waals surface area contributed by atoms with E-state index >= 15 is 0 Å². The first-order valence-corrected chi connectivity index (χ1v) is 8.56. The molecule has 3 aromatic heterocycles. The SMILES string of the molecule is Cc1cc(C(=O)N2CCn3c(C)nnc3C2)c2c(C3CC3)noc2n1. The Balaban J connectivity index is 1.56. The molecule has 8 heteroatoms. The van der Waals surface area contributed by atoms with Gasteiger partial charge in [-0.05, 0) is 32.8 Å². The molecule has 0 atom stereocenters. The molecule has 1 saturated carbocycles. The number of hydrogen-bond acceptors (Lipinski definition) is 6. The second-order valence-electron chi connectivity index (χ2n) is 6.88. The molecular weight excluding hydrogens is 320 g/mol. The number of pyridine rings is 1. The Kier molecular flexibility index (Phi) is 2.98. The molecule has 3 aromatic rings. The van der Waals surface area contributed by atoms with Gasteiger partial charge in [0.1, 0.15) is 5.82 Å². The van der Waals surface area contributed by atoms with E-state index in [9.17, 15) is 4.79 Å². The van der Waals surface area contributed by atoms with Gasteiger partial charge in [-0.2, -0.15) is 0 Å². The zero-order valence-electron chi connectivity index (χ0n) is 14.2. The number of aryl methyl sites for hydroxylation is 2. The first kappa shape index (κ1) is 14.6. The minimum Gasteiger partial charge on any atom is -0.335 e. The van der Waals surface area contributed by atoms with Crippen LogP contribution >= 0.6 is 0 Å². The summed E-state index contributed by atoms with van der Waals surface area (Å²) in [6.45, 7) is 5.62. The second kappa shape index (κ2) is 5.11. The van der Waals surface area contributed by atoms with Crippen LogP contribution in [-0.4, -0.2) is 42.3 Å². The van der Waals surface area contributed by atoms with Crippen LogP contribution in [0.2, 0.25) is 0 Å². The molecule has 5 rings (SSSR count). The van der Waals surface area contributed by atoms with Crippen molar-refractivity contribution in [3.8, 4) is 0 Å². The Labute approximate surface area is 143 Å². The van der Waals surface area contributed by atoms with E-state index in [4.69, 9.17) is 4.52 Å². The number of carbonyl (C=O) groups is 1. The van der Waals surface area contributed by atoms with Crippen LogP contribution in [0.4, 0.5) is 0 Å². The molecule has 1 aliphatic carbocycles. The monoisotopic (exact) mass is 338 g/mol. The fraction of sp³-hybridized carbons (Fsp3) is 0.471. The van der Waals surface area contributed by atoms with Crippen molar-refractivity contribution in [3.63, 3.8) is 0 Å². The predicted molar refractivity (Wildman–Crippen MR) is 88.0 cm³/mol. The van der Waals surface area contributed by atoms with E-state index < -0.39 is 0 Å². The van der Waals surface area contributed by atoms with E-state index in [1.54, 1.807) is 0 Å². The van der Waals surface area contributed by atoms with Crippen molar-refractivity contribution in [1.29, 1.82) is 0 Å². The smallest absolute Gasteiger partial charge is 0.259 e. The zero-order valence-corrected chi connectivity index (χ0v) is 14.2. The lowest BCUT2D eigenvalue weighted by Crippen LogP contribution is -2.38. The van der Waals surface area contributed by atoms with Crippen LogP contribution in [0.25, 0.3) is 11.1 Å². The minimum atomic E-state index is -0.0208. The first-order valence-electron chi connectivity index (χ1n) is 8.56. The van der Waals surface area contributed by atoms with Gasteiger partial charge in [0.05, 0.1) is 23.2 Å². The lowest BCUT2D eigenvalue weighted by atomic mass is 10.1. The van der Waals surface area contributed by atoms with Crippen LogP contribution in [0.5, 0.6) is 0 Å². The minimum absolute atomic E-state index is 0.0208. The summed E-state index contributed by atoms with van der Waals surface area (Å²) in [7, 11) is 0. The lowest BCUT2D eigenvalue weighted by molar-refractivity contribution is 0.0708. The van der Waals surface area contributed by atoms with Gasteiger partial charge in [0.25, 0.3) is 11.6 Å². The molecule has 2 aliphatic rings. The summed E-state index contributed by atoms with van der Waals surface area (Å²) in [5, 5.41) is 13.3. The molecule has 0 N–H and O–H groups in total. The van der Waals surface area contributed by atoms with Crippen LogP contribution < -0.4 is 0 Å². The number of aromatic nitrogens is 5. The molecule has 0 spiro atoms. The van der Waals surface area contributed by atoms with Gasteiger partial charge in [-0.3, -0.25) is 4.79 Å². The molecule has 0 radical (unpaired) electrons. The van der Waals surface area contributed by atoms with Crippen LogP contribution in [-0.2, 0) is 13.1 Å². The fourth-order valence-electron chi connectivity index (χ4n) is 3.55. The van der Waals surface area contributed by atoms with Gasteiger partial charge in [0.15, 0.2) is 5.82 Å². The predicted octanol–water partition coefficient (Wildman–Crippen LogP) is 1.96. The summed E-state index contributed by atoms with van der Waals surface area (Å²) < 4.78 is 7.47. The highest BCUT2D eigenvalue weighted by atomic mass is 16.5. The maximum absolute atomic E-state index is 13.2. The number of rotatable bonds is 2. The Bertz CT molecular complexity index is 1000. The first-order chi connectivity index (χ1) is 12.1. The van der Waals surface area contributed by atoms with Crippen molar-refractivity contribution in [3.05, 3.63) is 34.7 Å². The molecular formula is C17H18N6O2. The maximum atomic E-state index is 13.2. The second-order valence-corrected chi connectivity index (χ2v) is 6.88. The van der Waals surface area contributed by atoms with E-state index in [1.807, 2.05) is 24.8 Å². The third kappa shape index (κ3) is 2.24. The highest BCUT2D eigenvalue weighted by molar-refractivity contribution is 6.06. The summed E-state index contributed by atoms with van der Waals surface area (Å²) in [6, 6.07) is 1.85. The van der Waals surface area contributed by atoms with Gasteiger partial charge in [0, 0.05) is 24.7 Å². The summed E-state index contributed by atoms with van der Waals surface area (Å²) in [5.41, 5.74) is 2.73. The highest BCUT2D eigenvalue weighted by Gasteiger charge is 2.33. The average molecular weight is 338 g/mol. The van der Waals surface area contributed by atoms with Crippen molar-refractivity contribution in [2.24, 2.45) is 0 Å². The van der Waals surface area contributed by atoms with Crippen LogP contribution in [0.1, 0.15) is 52.2 Å². The molecule has 8 nitrogen and oxygen atoms in total. The third-order valence-electron chi connectivity index (χ3n) is 5.02. The normalized spacial score (nSPS) is 17.1. The Morgan fingerprint density at radius 1 is 1.24 bits per heavy atom. The topological polar surface area (TPSA) is 89.9 Å². The molecule has 1 fully saturated rings. The molecule has 25 heavy (non-hydrogen) atoms. The van der Waals surface area contributed by atoms with E-state index in [0.29, 0.717) is 36.8 Å². The molecule has 0 bridgehead atoms. The Morgan fingerprint density at radius 2 is 2.08 bits per heavy atom. The van der Waals surface area contributed by atoms with E-state index in [2.05, 4.69) is 24.9 Å². The maximum Gasteiger partial charge on any atom is 0.259 e. The van der Waals surface area contributed by atoms with Crippen LogP contribution in [0.3, 0.4) is 0 Å². The van der Waals surface area contributed by atoms with E-state index in [0.717, 1.165) is 41.3 Å². The van der Waals surface area contributed by atoms with Gasteiger partial charge in [-0.15, -0.1) is 10.2 Å². The number of amides is 1. The van der Waals surface area contributed by atoms with Gasteiger partial charge in [-0.1, -0.05) is 5.16 Å². The van der Waals surface area contributed by atoms with Crippen molar-refractivity contribution >= 4 is 17.0 Å². The number of nitrogens with zero attached hydrogens (tertiary/aromatic N) is 6. The van der Waals surface area contributed by atoms with Crippen LogP contribution in [0.15, 0.2) is 10.6 Å². The number of carbonyl (C=O) groups excluding carboxylic acids is 1. The van der Waals surface area contributed by atoms with Gasteiger partial charge >= 0.3 is 0 Å². The molecule has 0 aromatic carbocycles. The number of hydrogen-bond donors (Lipinski definition) is 0. The van der Waals surface area contributed by atoms with Crippen molar-refractivity contribution < 1.29 is 9.32 Å². The lowest BCUT2D eigenvalue weighted by Gasteiger charge is -2.28. The summed E-state index contributed by atoms with van der Waals surface area (Å²) in [6.07, 6.45) is 2.18. The summed E-state index contributed by atoms with van der Waals surface area (Å²) >= 11 is 0. The van der Waals surface area contributed by atoms with Crippen LogP contribution in [0, 0.1) is 13.8 Å². The molecule has 4 heterocycles. The molecule has 128 valence electrons. The molecule has 1 aliphatic heterocycles. The third-order valence-corrected chi connectivity index (χ3v) is 5.02. The zero-order chi connectivity index (χ0) is 17.1. The summed E-state index contributed by atoms with van der Waals surface area (Å²) in [5.74, 6) is 2.09.